The molecule has 0 aliphatic carbocycles. The second-order valence-electron chi connectivity index (χ2n) is 5.15. The summed E-state index contributed by atoms with van der Waals surface area (Å²) in [5.41, 5.74) is 4.38. The van der Waals surface area contributed by atoms with Gasteiger partial charge in [-0.3, -0.25) is 0 Å². The van der Waals surface area contributed by atoms with Crippen LogP contribution in [0, 0.1) is 0 Å². The van der Waals surface area contributed by atoms with Crippen molar-refractivity contribution < 1.29 is 5.21 Å². The molecular weight excluding hydrogens is 282 g/mol. The molecule has 2 nitrogen and oxygen atoms in total. The van der Waals surface area contributed by atoms with Gasteiger partial charge in [-0.15, -0.1) is 0 Å². The van der Waals surface area contributed by atoms with E-state index in [2.05, 4.69) is 5.16 Å². The lowest BCUT2D eigenvalue weighted by Crippen LogP contribution is -2.04. The van der Waals surface area contributed by atoms with Crippen molar-refractivity contribution in [3.63, 3.8) is 0 Å². The molecule has 3 aromatic rings. The van der Waals surface area contributed by atoms with Crippen molar-refractivity contribution in [2.45, 2.75) is 0 Å². The van der Waals surface area contributed by atoms with Crippen LogP contribution in [0.2, 0.25) is 0 Å². The maximum atomic E-state index is 9.64. The molecule has 0 heterocycles. The lowest BCUT2D eigenvalue weighted by atomic mass is 9.94. The molecule has 0 aliphatic rings. The van der Waals surface area contributed by atoms with Crippen LogP contribution in [-0.4, -0.2) is 10.9 Å². The molecule has 112 valence electrons. The Balaban J connectivity index is 2.14. The smallest absolute Gasteiger partial charge is 0.117 e. The van der Waals surface area contributed by atoms with Gasteiger partial charge < -0.3 is 5.21 Å². The maximum absolute atomic E-state index is 9.64. The van der Waals surface area contributed by atoms with Gasteiger partial charge in [-0.1, -0.05) is 96.2 Å². The van der Waals surface area contributed by atoms with Crippen molar-refractivity contribution in [1.29, 1.82) is 0 Å². The number of nitrogens with zero attached hydrogens (tertiary/aromatic N) is 1. The van der Waals surface area contributed by atoms with Crippen LogP contribution in [0.5, 0.6) is 0 Å². The Morgan fingerprint density at radius 1 is 0.652 bits per heavy atom. The average molecular weight is 299 g/mol. The summed E-state index contributed by atoms with van der Waals surface area (Å²) in [7, 11) is 0. The van der Waals surface area contributed by atoms with Crippen molar-refractivity contribution >= 4 is 17.4 Å². The van der Waals surface area contributed by atoms with Gasteiger partial charge in [-0.25, -0.2) is 0 Å². The lowest BCUT2D eigenvalue weighted by molar-refractivity contribution is 0.320. The third-order valence-corrected chi connectivity index (χ3v) is 3.60. The Morgan fingerprint density at radius 2 is 1.13 bits per heavy atom. The Hall–Kier alpha value is -3.13. The van der Waals surface area contributed by atoms with Gasteiger partial charge in [-0.05, 0) is 17.2 Å². The summed E-state index contributed by atoms with van der Waals surface area (Å²) in [6.07, 6.45) is 2.04. The molecule has 0 saturated carbocycles. The highest BCUT2D eigenvalue weighted by Gasteiger charge is 2.13. The molecule has 0 aromatic heterocycles. The fourth-order valence-corrected chi connectivity index (χ4v) is 2.49. The van der Waals surface area contributed by atoms with E-state index in [4.69, 9.17) is 0 Å². The summed E-state index contributed by atoms with van der Waals surface area (Å²) in [6, 6.07) is 29.7. The Kier molecular flexibility index (Phi) is 4.65. The number of hydrogen-bond acceptors (Lipinski definition) is 2. The largest absolute Gasteiger partial charge is 0.410 e. The van der Waals surface area contributed by atoms with Gasteiger partial charge in [0.25, 0.3) is 0 Å². The van der Waals surface area contributed by atoms with Crippen LogP contribution in [0.4, 0.5) is 0 Å². The first-order valence-electron chi connectivity index (χ1n) is 7.48. The van der Waals surface area contributed by atoms with Crippen LogP contribution < -0.4 is 0 Å². The number of allylic oxidation sites excluding steroid dienone is 1. The van der Waals surface area contributed by atoms with Crippen molar-refractivity contribution in [2.75, 3.05) is 0 Å². The summed E-state index contributed by atoms with van der Waals surface area (Å²) < 4.78 is 0. The van der Waals surface area contributed by atoms with E-state index in [-0.39, 0.29) is 0 Å². The molecule has 0 saturated heterocycles. The van der Waals surface area contributed by atoms with E-state index in [9.17, 15) is 5.21 Å². The van der Waals surface area contributed by atoms with Gasteiger partial charge in [0.15, 0.2) is 0 Å². The monoisotopic (exact) mass is 299 g/mol. The number of hydrogen-bond donors (Lipinski definition) is 1. The first-order chi connectivity index (χ1) is 11.4. The maximum Gasteiger partial charge on any atom is 0.117 e. The summed E-state index contributed by atoms with van der Waals surface area (Å²) in [4.78, 5) is 0. The van der Waals surface area contributed by atoms with Gasteiger partial charge in [0, 0.05) is 11.1 Å². The second kappa shape index (κ2) is 7.23. The molecule has 0 bridgehead atoms. The zero-order valence-electron chi connectivity index (χ0n) is 12.6. The number of oxime groups is 1. The van der Waals surface area contributed by atoms with E-state index in [0.29, 0.717) is 5.71 Å². The first-order valence-corrected chi connectivity index (χ1v) is 7.48. The molecule has 23 heavy (non-hydrogen) atoms. The molecule has 2 heteroatoms. The highest BCUT2D eigenvalue weighted by Crippen LogP contribution is 2.23. The molecule has 0 aliphatic heterocycles. The van der Waals surface area contributed by atoms with Crippen LogP contribution >= 0.6 is 0 Å². The standard InChI is InChI=1S/C21H17NO/c23-22-21(19-14-8-3-9-15-19)20(18-12-6-2-7-13-18)16-17-10-4-1-5-11-17/h1-16,23H/b20-16+,22-21+. The van der Waals surface area contributed by atoms with E-state index in [1.165, 1.54) is 0 Å². The fourth-order valence-electron chi connectivity index (χ4n) is 2.49. The zero-order valence-corrected chi connectivity index (χ0v) is 12.6. The van der Waals surface area contributed by atoms with Gasteiger partial charge in [0.1, 0.15) is 5.71 Å². The third kappa shape index (κ3) is 3.55. The zero-order chi connectivity index (χ0) is 15.9. The SMILES string of the molecule is O/N=C(/C(=C/c1ccccc1)c1ccccc1)c1ccccc1. The van der Waals surface area contributed by atoms with Crippen LogP contribution in [0.15, 0.2) is 96.2 Å². The Bertz CT molecular complexity index is 806. The molecule has 3 rings (SSSR count). The van der Waals surface area contributed by atoms with Crippen molar-refractivity contribution in [3.05, 3.63) is 108 Å². The average Bonchev–Trinajstić information content (AvgIpc) is 2.64. The topological polar surface area (TPSA) is 32.6 Å². The quantitative estimate of drug-likeness (QED) is 0.309. The fraction of sp³-hybridized carbons (Fsp3) is 0. The normalized spacial score (nSPS) is 12.2. The van der Waals surface area contributed by atoms with E-state index < -0.39 is 0 Å². The minimum absolute atomic E-state index is 0.556. The van der Waals surface area contributed by atoms with Gasteiger partial charge in [0.2, 0.25) is 0 Å². The molecule has 0 unspecified atom stereocenters. The Morgan fingerprint density at radius 3 is 1.65 bits per heavy atom. The van der Waals surface area contributed by atoms with Crippen LogP contribution in [0.3, 0.4) is 0 Å². The molecule has 0 atom stereocenters. The molecular formula is C21H17NO. The third-order valence-electron chi connectivity index (χ3n) is 3.60. The first kappa shape index (κ1) is 14.8. The minimum Gasteiger partial charge on any atom is -0.410 e. The highest BCUT2D eigenvalue weighted by molar-refractivity contribution is 6.34. The summed E-state index contributed by atoms with van der Waals surface area (Å²) >= 11 is 0. The van der Waals surface area contributed by atoms with Crippen LogP contribution in [-0.2, 0) is 0 Å². The van der Waals surface area contributed by atoms with Crippen molar-refractivity contribution in [3.8, 4) is 0 Å². The summed E-state index contributed by atoms with van der Waals surface area (Å²) in [5, 5.41) is 13.2. The minimum atomic E-state index is 0.556. The van der Waals surface area contributed by atoms with E-state index in [0.717, 1.165) is 22.3 Å². The van der Waals surface area contributed by atoms with Gasteiger partial charge in [-0.2, -0.15) is 0 Å². The predicted octanol–water partition coefficient (Wildman–Crippen LogP) is 5.11. The summed E-state index contributed by atoms with van der Waals surface area (Å²) in [6.45, 7) is 0. The van der Waals surface area contributed by atoms with Crippen molar-refractivity contribution in [1.82, 2.24) is 0 Å². The van der Waals surface area contributed by atoms with E-state index in [1.54, 1.807) is 0 Å². The molecule has 0 fully saturated rings. The van der Waals surface area contributed by atoms with Crippen LogP contribution in [0.25, 0.3) is 11.6 Å². The predicted molar refractivity (Wildman–Crippen MR) is 95.5 cm³/mol. The highest BCUT2D eigenvalue weighted by atomic mass is 16.4. The van der Waals surface area contributed by atoms with Crippen LogP contribution in [0.1, 0.15) is 16.7 Å². The van der Waals surface area contributed by atoms with E-state index in [1.807, 2.05) is 97.1 Å². The summed E-state index contributed by atoms with van der Waals surface area (Å²) in [5.74, 6) is 0. The van der Waals surface area contributed by atoms with E-state index >= 15 is 0 Å². The lowest BCUT2D eigenvalue weighted by Gasteiger charge is -2.11. The molecule has 0 radical (unpaired) electrons. The van der Waals surface area contributed by atoms with Gasteiger partial charge >= 0.3 is 0 Å². The second-order valence-corrected chi connectivity index (χ2v) is 5.15. The van der Waals surface area contributed by atoms with Crippen molar-refractivity contribution in [2.24, 2.45) is 5.16 Å². The Labute approximate surface area is 136 Å². The number of benzene rings is 3. The molecule has 3 aromatic carbocycles. The van der Waals surface area contributed by atoms with Gasteiger partial charge in [0.05, 0.1) is 0 Å². The molecule has 0 spiro atoms. The molecule has 1 N–H and O–H groups in total. The molecule has 0 amide bonds. The number of rotatable bonds is 4.